The second-order valence-electron chi connectivity index (χ2n) is 7.52. The molecule has 1 aromatic carbocycles. The fraction of sp³-hybridized carbons (Fsp3) is 0.550. The molecular formula is C20H29FN4O. The summed E-state index contributed by atoms with van der Waals surface area (Å²) in [4.78, 5) is 2.11. The van der Waals surface area contributed by atoms with Gasteiger partial charge in [0.1, 0.15) is 5.82 Å². The first-order valence-corrected chi connectivity index (χ1v) is 9.32. The molecular weight excluding hydrogens is 331 g/mol. The third kappa shape index (κ3) is 3.98. The standard InChI is InChI=1S/C20H29FN4O/c1-14(2)25-12-15(10-23-25)9-22-11-16-8-17(13-26)24(3)20(16)18-6-4-5-7-19(18)21/h4-7,10,12,14,16-17,20,22,26H,8-9,11,13H2,1-3H3/t16-,17+,20-/m0/s1. The Hall–Kier alpha value is -1.76. The Bertz CT molecular complexity index is 717. The lowest BCUT2D eigenvalue weighted by Gasteiger charge is -2.28. The molecule has 142 valence electrons. The summed E-state index contributed by atoms with van der Waals surface area (Å²) in [5.41, 5.74) is 1.86. The minimum absolute atomic E-state index is 0.0285. The molecule has 0 spiro atoms. The Morgan fingerprint density at radius 1 is 1.35 bits per heavy atom. The maximum Gasteiger partial charge on any atom is 0.127 e. The fourth-order valence-corrected chi connectivity index (χ4v) is 3.94. The molecule has 0 saturated carbocycles. The van der Waals surface area contributed by atoms with E-state index in [2.05, 4.69) is 35.4 Å². The van der Waals surface area contributed by atoms with Crippen LogP contribution in [0.2, 0.25) is 0 Å². The van der Waals surface area contributed by atoms with E-state index in [4.69, 9.17) is 0 Å². The summed E-state index contributed by atoms with van der Waals surface area (Å²) in [5.74, 6) is 0.0698. The largest absolute Gasteiger partial charge is 0.395 e. The van der Waals surface area contributed by atoms with E-state index in [1.54, 1.807) is 6.07 Å². The van der Waals surface area contributed by atoms with E-state index >= 15 is 0 Å². The number of benzene rings is 1. The number of aliphatic hydroxyl groups is 1. The molecule has 1 aliphatic rings. The zero-order chi connectivity index (χ0) is 18.7. The van der Waals surface area contributed by atoms with Gasteiger partial charge >= 0.3 is 0 Å². The molecule has 26 heavy (non-hydrogen) atoms. The van der Waals surface area contributed by atoms with Gasteiger partial charge in [0.05, 0.1) is 12.8 Å². The average molecular weight is 360 g/mol. The van der Waals surface area contributed by atoms with Crippen molar-refractivity contribution in [2.24, 2.45) is 5.92 Å². The number of hydrogen-bond acceptors (Lipinski definition) is 4. The molecule has 0 bridgehead atoms. The molecule has 1 saturated heterocycles. The third-order valence-corrected chi connectivity index (χ3v) is 5.39. The fourth-order valence-electron chi connectivity index (χ4n) is 3.94. The molecule has 2 heterocycles. The van der Waals surface area contributed by atoms with Crippen LogP contribution in [0.15, 0.2) is 36.7 Å². The third-order valence-electron chi connectivity index (χ3n) is 5.39. The average Bonchev–Trinajstić information content (AvgIpc) is 3.21. The van der Waals surface area contributed by atoms with Crippen LogP contribution in [-0.2, 0) is 6.54 Å². The number of nitrogens with zero attached hydrogens (tertiary/aromatic N) is 3. The van der Waals surface area contributed by atoms with E-state index in [-0.39, 0.29) is 30.4 Å². The lowest BCUT2D eigenvalue weighted by Crippen LogP contribution is -2.32. The summed E-state index contributed by atoms with van der Waals surface area (Å²) in [6.07, 6.45) is 4.80. The zero-order valence-electron chi connectivity index (χ0n) is 15.8. The number of likely N-dealkylation sites (tertiary alicyclic amines) is 1. The van der Waals surface area contributed by atoms with Crippen molar-refractivity contribution >= 4 is 0 Å². The van der Waals surface area contributed by atoms with Gasteiger partial charge in [-0.2, -0.15) is 5.10 Å². The van der Waals surface area contributed by atoms with Crippen molar-refractivity contribution in [2.45, 2.75) is 44.9 Å². The summed E-state index contributed by atoms with van der Waals surface area (Å²) in [6.45, 7) is 5.81. The van der Waals surface area contributed by atoms with Crippen LogP contribution in [0.3, 0.4) is 0 Å². The maximum absolute atomic E-state index is 14.4. The van der Waals surface area contributed by atoms with Gasteiger partial charge in [0.25, 0.3) is 0 Å². The molecule has 3 rings (SSSR count). The first-order valence-electron chi connectivity index (χ1n) is 9.32. The number of nitrogens with one attached hydrogen (secondary N) is 1. The van der Waals surface area contributed by atoms with E-state index in [0.717, 1.165) is 25.1 Å². The van der Waals surface area contributed by atoms with Gasteiger partial charge in [-0.1, -0.05) is 18.2 Å². The summed E-state index contributed by atoms with van der Waals surface area (Å²) in [7, 11) is 1.98. The molecule has 2 N–H and O–H groups in total. The molecule has 1 aliphatic heterocycles. The van der Waals surface area contributed by atoms with Crippen molar-refractivity contribution in [1.29, 1.82) is 0 Å². The van der Waals surface area contributed by atoms with Crippen molar-refractivity contribution in [3.05, 3.63) is 53.6 Å². The van der Waals surface area contributed by atoms with Crippen LogP contribution in [0, 0.1) is 11.7 Å². The number of halogens is 1. The predicted molar refractivity (Wildman–Crippen MR) is 100 cm³/mol. The summed E-state index contributed by atoms with van der Waals surface area (Å²) in [6, 6.07) is 7.36. The van der Waals surface area contributed by atoms with Gasteiger partial charge in [-0.3, -0.25) is 9.58 Å². The smallest absolute Gasteiger partial charge is 0.127 e. The number of hydrogen-bond donors (Lipinski definition) is 2. The van der Waals surface area contributed by atoms with Gasteiger partial charge < -0.3 is 10.4 Å². The van der Waals surface area contributed by atoms with Gasteiger partial charge in [0.15, 0.2) is 0 Å². The number of likely N-dealkylation sites (N-methyl/N-ethyl adjacent to an activating group) is 1. The van der Waals surface area contributed by atoms with E-state index < -0.39 is 0 Å². The minimum Gasteiger partial charge on any atom is -0.395 e. The molecule has 5 nitrogen and oxygen atoms in total. The van der Waals surface area contributed by atoms with Gasteiger partial charge in [0.2, 0.25) is 0 Å². The van der Waals surface area contributed by atoms with Crippen LogP contribution in [0.1, 0.15) is 43.5 Å². The van der Waals surface area contributed by atoms with Crippen molar-refractivity contribution in [2.75, 3.05) is 20.2 Å². The number of aromatic nitrogens is 2. The Balaban J connectivity index is 1.67. The Morgan fingerprint density at radius 3 is 2.77 bits per heavy atom. The topological polar surface area (TPSA) is 53.3 Å². The van der Waals surface area contributed by atoms with E-state index in [1.165, 1.54) is 6.07 Å². The van der Waals surface area contributed by atoms with Crippen LogP contribution >= 0.6 is 0 Å². The molecule has 0 aliphatic carbocycles. The van der Waals surface area contributed by atoms with E-state index in [1.807, 2.05) is 30.1 Å². The van der Waals surface area contributed by atoms with Crippen molar-refractivity contribution in [1.82, 2.24) is 20.0 Å². The predicted octanol–water partition coefficient (Wildman–Crippen LogP) is 2.75. The van der Waals surface area contributed by atoms with Crippen LogP contribution in [-0.4, -0.2) is 46.0 Å². The molecule has 1 aromatic heterocycles. The molecule has 0 radical (unpaired) electrons. The molecule has 6 heteroatoms. The minimum atomic E-state index is -0.175. The molecule has 0 amide bonds. The second-order valence-corrected chi connectivity index (χ2v) is 7.52. The maximum atomic E-state index is 14.4. The lowest BCUT2D eigenvalue weighted by molar-refractivity contribution is 0.151. The molecule has 1 fully saturated rings. The van der Waals surface area contributed by atoms with Gasteiger partial charge in [-0.15, -0.1) is 0 Å². The molecule has 0 unspecified atom stereocenters. The lowest BCUT2D eigenvalue weighted by atomic mass is 9.92. The first-order chi connectivity index (χ1) is 12.5. The first kappa shape index (κ1) is 19.0. The van der Waals surface area contributed by atoms with Crippen molar-refractivity contribution < 1.29 is 9.50 Å². The van der Waals surface area contributed by atoms with Crippen LogP contribution in [0.25, 0.3) is 0 Å². The highest BCUT2D eigenvalue weighted by Gasteiger charge is 2.40. The number of rotatable bonds is 7. The van der Waals surface area contributed by atoms with Crippen molar-refractivity contribution in [3.63, 3.8) is 0 Å². The summed E-state index contributed by atoms with van der Waals surface area (Å²) in [5, 5.41) is 17.5. The zero-order valence-corrected chi connectivity index (χ0v) is 15.8. The van der Waals surface area contributed by atoms with Crippen LogP contribution in [0.4, 0.5) is 4.39 Å². The monoisotopic (exact) mass is 360 g/mol. The quantitative estimate of drug-likeness (QED) is 0.797. The summed E-state index contributed by atoms with van der Waals surface area (Å²) < 4.78 is 16.3. The second kappa shape index (κ2) is 8.29. The Labute approximate surface area is 154 Å². The highest BCUT2D eigenvalue weighted by atomic mass is 19.1. The van der Waals surface area contributed by atoms with Crippen LogP contribution in [0.5, 0.6) is 0 Å². The van der Waals surface area contributed by atoms with Crippen LogP contribution < -0.4 is 5.32 Å². The van der Waals surface area contributed by atoms with Crippen molar-refractivity contribution in [3.8, 4) is 0 Å². The SMILES string of the molecule is CC(C)n1cc(CNC[C@@H]2C[C@H](CO)N(C)[C@@H]2c2ccccc2F)cn1. The van der Waals surface area contributed by atoms with E-state index in [9.17, 15) is 9.50 Å². The van der Waals surface area contributed by atoms with Gasteiger partial charge in [-0.05, 0) is 39.3 Å². The molecule has 3 atom stereocenters. The highest BCUT2D eigenvalue weighted by molar-refractivity contribution is 5.24. The number of aliphatic hydroxyl groups excluding tert-OH is 1. The Kier molecular flexibility index (Phi) is 6.06. The molecule has 2 aromatic rings. The summed E-state index contributed by atoms with van der Waals surface area (Å²) >= 11 is 0. The normalized spacial score (nSPS) is 23.8. The van der Waals surface area contributed by atoms with Gasteiger partial charge in [-0.25, -0.2) is 4.39 Å². The van der Waals surface area contributed by atoms with E-state index in [0.29, 0.717) is 11.6 Å². The Morgan fingerprint density at radius 2 is 2.12 bits per heavy atom. The van der Waals surface area contributed by atoms with Gasteiger partial charge in [0, 0.05) is 48.5 Å². The highest BCUT2D eigenvalue weighted by Crippen LogP contribution is 2.40.